The van der Waals surface area contributed by atoms with Crippen LogP contribution in [0.15, 0.2) is 18.2 Å². The number of hydrogen-bond donors (Lipinski definition) is 1. The molecule has 1 aromatic rings. The van der Waals surface area contributed by atoms with Gasteiger partial charge in [0.2, 0.25) is 5.91 Å². The number of hydrogen-bond acceptors (Lipinski definition) is 4. The Morgan fingerprint density at radius 1 is 1.42 bits per heavy atom. The van der Waals surface area contributed by atoms with E-state index in [9.17, 15) is 14.0 Å². The van der Waals surface area contributed by atoms with Crippen LogP contribution in [0.3, 0.4) is 0 Å². The largest absolute Gasteiger partial charge is 0.465 e. The maximum Gasteiger partial charge on any atom is 0.337 e. The van der Waals surface area contributed by atoms with Gasteiger partial charge in [-0.05, 0) is 37.6 Å². The van der Waals surface area contributed by atoms with Gasteiger partial charge in [0, 0.05) is 30.6 Å². The van der Waals surface area contributed by atoms with Crippen LogP contribution >= 0.6 is 0 Å². The maximum absolute atomic E-state index is 14.1. The van der Waals surface area contributed by atoms with Crippen LogP contribution in [0.25, 0.3) is 0 Å². The molecule has 1 heterocycles. The highest BCUT2D eigenvalue weighted by Gasteiger charge is 2.23. The van der Waals surface area contributed by atoms with Crippen molar-refractivity contribution in [1.82, 2.24) is 10.2 Å². The smallest absolute Gasteiger partial charge is 0.337 e. The lowest BCUT2D eigenvalue weighted by atomic mass is 10.0. The summed E-state index contributed by atoms with van der Waals surface area (Å²) in [5, 5.41) is 3.04. The number of carbonyl (C=O) groups is 2. The number of methoxy groups -OCH3 is 1. The average molecular weight is 336 g/mol. The van der Waals surface area contributed by atoms with Crippen LogP contribution in [0.5, 0.6) is 0 Å². The molecule has 1 aliphatic heterocycles. The average Bonchev–Trinajstić information content (AvgIpc) is 2.56. The SMILES string of the molecule is COC(=O)c1ccc(F)c(CN2CCC[C@@H](NC(=O)C(C)C)C2)c1. The third-order valence-corrected chi connectivity index (χ3v) is 4.24. The zero-order valence-corrected chi connectivity index (χ0v) is 14.5. The monoisotopic (exact) mass is 336 g/mol. The van der Waals surface area contributed by atoms with Crippen molar-refractivity contribution in [2.45, 2.75) is 39.3 Å². The van der Waals surface area contributed by atoms with Gasteiger partial charge in [-0.25, -0.2) is 9.18 Å². The van der Waals surface area contributed by atoms with Crippen LogP contribution in [0, 0.1) is 11.7 Å². The normalized spacial score (nSPS) is 18.5. The van der Waals surface area contributed by atoms with Crippen molar-refractivity contribution in [1.29, 1.82) is 0 Å². The van der Waals surface area contributed by atoms with Gasteiger partial charge < -0.3 is 10.1 Å². The first-order valence-corrected chi connectivity index (χ1v) is 8.30. The number of carbonyl (C=O) groups excluding carboxylic acids is 2. The summed E-state index contributed by atoms with van der Waals surface area (Å²) in [6, 6.07) is 4.34. The van der Waals surface area contributed by atoms with Gasteiger partial charge in [-0.3, -0.25) is 9.69 Å². The number of piperidine rings is 1. The number of likely N-dealkylation sites (tertiary alicyclic amines) is 1. The Balaban J connectivity index is 2.02. The lowest BCUT2D eigenvalue weighted by molar-refractivity contribution is -0.125. The number of benzene rings is 1. The quantitative estimate of drug-likeness (QED) is 0.839. The predicted molar refractivity (Wildman–Crippen MR) is 89.0 cm³/mol. The highest BCUT2D eigenvalue weighted by molar-refractivity contribution is 5.89. The molecule has 0 unspecified atom stereocenters. The third kappa shape index (κ3) is 4.77. The molecule has 1 N–H and O–H groups in total. The molecule has 1 aromatic carbocycles. The Morgan fingerprint density at radius 2 is 2.17 bits per heavy atom. The number of ether oxygens (including phenoxy) is 1. The summed E-state index contributed by atoms with van der Waals surface area (Å²) in [7, 11) is 1.30. The van der Waals surface area contributed by atoms with E-state index in [1.54, 1.807) is 0 Å². The number of halogens is 1. The van der Waals surface area contributed by atoms with E-state index in [0.29, 0.717) is 24.2 Å². The van der Waals surface area contributed by atoms with E-state index in [1.165, 1.54) is 25.3 Å². The van der Waals surface area contributed by atoms with Crippen molar-refractivity contribution in [2.75, 3.05) is 20.2 Å². The van der Waals surface area contributed by atoms with Crippen LogP contribution in [-0.2, 0) is 16.1 Å². The van der Waals surface area contributed by atoms with Gasteiger partial charge in [0.1, 0.15) is 5.82 Å². The van der Waals surface area contributed by atoms with Crippen LogP contribution < -0.4 is 5.32 Å². The summed E-state index contributed by atoms with van der Waals surface area (Å²) in [6.45, 7) is 5.66. The maximum atomic E-state index is 14.1. The van der Waals surface area contributed by atoms with Crippen LogP contribution in [0.4, 0.5) is 4.39 Å². The number of esters is 1. The summed E-state index contributed by atoms with van der Waals surface area (Å²) in [4.78, 5) is 25.5. The second-order valence-electron chi connectivity index (χ2n) is 6.54. The van der Waals surface area contributed by atoms with Gasteiger partial charge in [0.25, 0.3) is 0 Å². The molecule has 0 aromatic heterocycles. The molecule has 0 radical (unpaired) electrons. The second-order valence-corrected chi connectivity index (χ2v) is 6.54. The topological polar surface area (TPSA) is 58.6 Å². The first kappa shape index (κ1) is 18.4. The van der Waals surface area contributed by atoms with Gasteiger partial charge in [-0.2, -0.15) is 0 Å². The third-order valence-electron chi connectivity index (χ3n) is 4.24. The molecule has 5 nitrogen and oxygen atoms in total. The molecular weight excluding hydrogens is 311 g/mol. The van der Waals surface area contributed by atoms with E-state index in [-0.39, 0.29) is 23.7 Å². The number of rotatable bonds is 5. The van der Waals surface area contributed by atoms with Gasteiger partial charge in [-0.1, -0.05) is 13.8 Å². The molecule has 2 rings (SSSR count). The van der Waals surface area contributed by atoms with Crippen molar-refractivity contribution in [3.8, 4) is 0 Å². The second kappa shape index (κ2) is 8.24. The summed E-state index contributed by atoms with van der Waals surface area (Å²) < 4.78 is 18.7. The van der Waals surface area contributed by atoms with Gasteiger partial charge >= 0.3 is 5.97 Å². The minimum Gasteiger partial charge on any atom is -0.465 e. The highest BCUT2D eigenvalue weighted by Crippen LogP contribution is 2.18. The Kier molecular flexibility index (Phi) is 6.31. The highest BCUT2D eigenvalue weighted by atomic mass is 19.1. The van der Waals surface area contributed by atoms with E-state index >= 15 is 0 Å². The van der Waals surface area contributed by atoms with Crippen molar-refractivity contribution < 1.29 is 18.7 Å². The lowest BCUT2D eigenvalue weighted by Crippen LogP contribution is -2.48. The van der Waals surface area contributed by atoms with E-state index < -0.39 is 5.97 Å². The van der Waals surface area contributed by atoms with E-state index in [4.69, 9.17) is 0 Å². The zero-order chi connectivity index (χ0) is 17.7. The molecular formula is C18H25FN2O3. The zero-order valence-electron chi connectivity index (χ0n) is 14.5. The molecule has 24 heavy (non-hydrogen) atoms. The molecule has 1 saturated heterocycles. The summed E-state index contributed by atoms with van der Waals surface area (Å²) in [6.07, 6.45) is 1.88. The van der Waals surface area contributed by atoms with Gasteiger partial charge in [-0.15, -0.1) is 0 Å². The molecule has 132 valence electrons. The Morgan fingerprint density at radius 3 is 2.83 bits per heavy atom. The fourth-order valence-electron chi connectivity index (χ4n) is 2.87. The Bertz CT molecular complexity index is 604. The lowest BCUT2D eigenvalue weighted by Gasteiger charge is -2.33. The summed E-state index contributed by atoms with van der Waals surface area (Å²) in [5.41, 5.74) is 0.810. The van der Waals surface area contributed by atoms with Crippen molar-refractivity contribution in [3.63, 3.8) is 0 Å². The summed E-state index contributed by atoms with van der Waals surface area (Å²) in [5.74, 6) is -0.816. The number of amides is 1. The standard InChI is InChI=1S/C18H25FN2O3/c1-12(2)17(22)20-15-5-4-8-21(11-15)10-14-9-13(18(23)24-3)6-7-16(14)19/h6-7,9,12,15H,4-5,8,10-11H2,1-3H3,(H,20,22)/t15-/m1/s1. The van der Waals surface area contributed by atoms with Crippen molar-refractivity contribution in [2.24, 2.45) is 5.92 Å². The van der Waals surface area contributed by atoms with E-state index in [1.807, 2.05) is 13.8 Å². The van der Waals surface area contributed by atoms with Crippen molar-refractivity contribution in [3.05, 3.63) is 35.1 Å². The fraction of sp³-hybridized carbons (Fsp3) is 0.556. The molecule has 0 bridgehead atoms. The molecule has 1 aliphatic rings. The van der Waals surface area contributed by atoms with E-state index in [2.05, 4.69) is 15.0 Å². The number of nitrogens with one attached hydrogen (secondary N) is 1. The van der Waals surface area contributed by atoms with Crippen LogP contribution in [-0.4, -0.2) is 43.0 Å². The molecule has 1 atom stereocenters. The minimum absolute atomic E-state index is 0.0423. The molecule has 6 heteroatoms. The first-order valence-electron chi connectivity index (χ1n) is 8.30. The molecule has 0 saturated carbocycles. The van der Waals surface area contributed by atoms with Gasteiger partial charge in [0.15, 0.2) is 0 Å². The predicted octanol–water partition coefficient (Wildman–Crippen LogP) is 2.35. The molecule has 1 amide bonds. The van der Waals surface area contributed by atoms with Gasteiger partial charge in [0.05, 0.1) is 12.7 Å². The van der Waals surface area contributed by atoms with Crippen LogP contribution in [0.2, 0.25) is 0 Å². The minimum atomic E-state index is -0.475. The van der Waals surface area contributed by atoms with E-state index in [0.717, 1.165) is 19.4 Å². The molecule has 0 spiro atoms. The summed E-state index contributed by atoms with van der Waals surface area (Å²) >= 11 is 0. The Labute approximate surface area is 142 Å². The fourth-order valence-corrected chi connectivity index (χ4v) is 2.87. The Hall–Kier alpha value is -1.95. The number of nitrogens with zero attached hydrogens (tertiary/aromatic N) is 1. The van der Waals surface area contributed by atoms with Crippen LogP contribution in [0.1, 0.15) is 42.6 Å². The molecule has 1 fully saturated rings. The van der Waals surface area contributed by atoms with Crippen molar-refractivity contribution >= 4 is 11.9 Å². The molecule has 0 aliphatic carbocycles. The first-order chi connectivity index (χ1) is 11.4.